The van der Waals surface area contributed by atoms with Gasteiger partial charge in [0.1, 0.15) is 0 Å². The predicted molar refractivity (Wildman–Crippen MR) is 79.0 cm³/mol. The number of piperidine rings is 1. The van der Waals surface area contributed by atoms with E-state index in [2.05, 4.69) is 17.0 Å². The van der Waals surface area contributed by atoms with Crippen molar-refractivity contribution < 1.29 is 8.42 Å². The van der Waals surface area contributed by atoms with Crippen molar-refractivity contribution >= 4 is 21.8 Å². The van der Waals surface area contributed by atoms with E-state index in [1.807, 2.05) is 18.4 Å². The highest BCUT2D eigenvalue weighted by Crippen LogP contribution is 2.25. The second-order valence-corrected chi connectivity index (χ2v) is 7.38. The van der Waals surface area contributed by atoms with Gasteiger partial charge in [-0.15, -0.1) is 11.8 Å². The summed E-state index contributed by atoms with van der Waals surface area (Å²) < 4.78 is 27.7. The van der Waals surface area contributed by atoms with Crippen LogP contribution < -0.4 is 10.0 Å². The first-order valence-corrected chi connectivity index (χ1v) is 9.12. The highest BCUT2D eigenvalue weighted by Gasteiger charge is 2.25. The molecule has 0 radical (unpaired) electrons. The van der Waals surface area contributed by atoms with Crippen LogP contribution in [0.1, 0.15) is 19.8 Å². The molecule has 2 unspecified atom stereocenters. The monoisotopic (exact) mass is 300 g/mol. The quantitative estimate of drug-likeness (QED) is 0.833. The van der Waals surface area contributed by atoms with Crippen molar-refractivity contribution in [1.82, 2.24) is 10.0 Å². The van der Waals surface area contributed by atoms with Crippen molar-refractivity contribution in [1.29, 1.82) is 0 Å². The number of hydrogen-bond donors (Lipinski definition) is 2. The lowest BCUT2D eigenvalue weighted by Crippen LogP contribution is -2.46. The number of rotatable bonds is 4. The first kappa shape index (κ1) is 14.8. The fourth-order valence-electron chi connectivity index (χ4n) is 2.36. The minimum Gasteiger partial charge on any atom is -0.314 e. The van der Waals surface area contributed by atoms with E-state index in [0.717, 1.165) is 24.3 Å². The molecule has 1 saturated heterocycles. The number of sulfonamides is 1. The molecule has 1 heterocycles. The molecule has 2 atom stereocenters. The molecule has 0 amide bonds. The third-order valence-corrected chi connectivity index (χ3v) is 5.81. The van der Waals surface area contributed by atoms with Crippen molar-refractivity contribution in [3.05, 3.63) is 24.3 Å². The Morgan fingerprint density at radius 1 is 1.37 bits per heavy atom. The normalized spacial score (nSPS) is 24.3. The summed E-state index contributed by atoms with van der Waals surface area (Å²) in [5.74, 6) is 0. The molecule has 0 aromatic heterocycles. The third kappa shape index (κ3) is 3.72. The van der Waals surface area contributed by atoms with Crippen LogP contribution in [0.25, 0.3) is 0 Å². The number of nitrogens with one attached hydrogen (secondary N) is 2. The second kappa shape index (κ2) is 6.26. The topological polar surface area (TPSA) is 58.2 Å². The van der Waals surface area contributed by atoms with Crippen LogP contribution in [0.15, 0.2) is 34.1 Å². The van der Waals surface area contributed by atoms with Crippen LogP contribution in [0.5, 0.6) is 0 Å². The maximum Gasteiger partial charge on any atom is 0.241 e. The number of hydrogen-bond acceptors (Lipinski definition) is 4. The van der Waals surface area contributed by atoms with Gasteiger partial charge in [0.25, 0.3) is 0 Å². The Bertz CT molecular complexity index is 531. The molecule has 1 aromatic carbocycles. The first-order valence-electron chi connectivity index (χ1n) is 6.41. The Balaban J connectivity index is 2.18. The summed E-state index contributed by atoms with van der Waals surface area (Å²) in [6.07, 6.45) is 3.56. The van der Waals surface area contributed by atoms with Crippen LogP contribution in [0.3, 0.4) is 0 Å². The van der Waals surface area contributed by atoms with Gasteiger partial charge in [0.2, 0.25) is 10.0 Å². The van der Waals surface area contributed by atoms with Gasteiger partial charge >= 0.3 is 0 Å². The van der Waals surface area contributed by atoms with E-state index >= 15 is 0 Å². The Kier molecular flexibility index (Phi) is 4.89. The largest absolute Gasteiger partial charge is 0.314 e. The molecule has 2 rings (SSSR count). The summed E-state index contributed by atoms with van der Waals surface area (Å²) in [5.41, 5.74) is 0. The van der Waals surface area contributed by atoms with Crippen LogP contribution in [-0.4, -0.2) is 33.3 Å². The van der Waals surface area contributed by atoms with Crippen molar-refractivity contribution in [3.8, 4) is 0 Å². The van der Waals surface area contributed by atoms with E-state index in [-0.39, 0.29) is 6.04 Å². The second-order valence-electron chi connectivity index (χ2n) is 4.85. The summed E-state index contributed by atoms with van der Waals surface area (Å²) in [6.45, 7) is 2.94. The lowest BCUT2D eigenvalue weighted by molar-refractivity contribution is 0.361. The van der Waals surface area contributed by atoms with Crippen molar-refractivity contribution in [3.63, 3.8) is 0 Å². The molecule has 106 valence electrons. The van der Waals surface area contributed by atoms with E-state index < -0.39 is 10.0 Å². The first-order chi connectivity index (χ1) is 9.03. The minimum atomic E-state index is -3.42. The van der Waals surface area contributed by atoms with Crippen LogP contribution in [0, 0.1) is 0 Å². The molecule has 0 spiro atoms. The molecule has 1 aliphatic rings. The summed E-state index contributed by atoms with van der Waals surface area (Å²) in [4.78, 5) is 1.17. The molecule has 0 aliphatic carbocycles. The lowest BCUT2D eigenvalue weighted by Gasteiger charge is -2.28. The minimum absolute atomic E-state index is 0.0242. The Morgan fingerprint density at radius 2 is 2.11 bits per heavy atom. The van der Waals surface area contributed by atoms with E-state index in [9.17, 15) is 8.42 Å². The summed E-state index contributed by atoms with van der Waals surface area (Å²) >= 11 is 1.45. The zero-order chi connectivity index (χ0) is 13.9. The molecule has 2 N–H and O–H groups in total. The lowest BCUT2D eigenvalue weighted by atomic mass is 10.0. The average Bonchev–Trinajstić information content (AvgIpc) is 2.38. The summed E-state index contributed by atoms with van der Waals surface area (Å²) in [5, 5.41) is 3.32. The highest BCUT2D eigenvalue weighted by atomic mass is 32.2. The van der Waals surface area contributed by atoms with E-state index in [0.29, 0.717) is 10.9 Å². The van der Waals surface area contributed by atoms with Crippen LogP contribution >= 0.6 is 11.8 Å². The molecule has 19 heavy (non-hydrogen) atoms. The smallest absolute Gasteiger partial charge is 0.241 e. The van der Waals surface area contributed by atoms with Gasteiger partial charge in [-0.25, -0.2) is 13.1 Å². The molecule has 0 bridgehead atoms. The Morgan fingerprint density at radius 3 is 2.79 bits per heavy atom. The Hall–Kier alpha value is -0.560. The maximum atomic E-state index is 12.4. The molecule has 1 aromatic rings. The van der Waals surface area contributed by atoms with Gasteiger partial charge in [0.05, 0.1) is 4.90 Å². The molecule has 1 fully saturated rings. The maximum absolute atomic E-state index is 12.4. The van der Waals surface area contributed by atoms with Gasteiger partial charge in [-0.05, 0) is 44.7 Å². The molecular formula is C13H20N2O2S2. The van der Waals surface area contributed by atoms with E-state index in [1.54, 1.807) is 12.1 Å². The van der Waals surface area contributed by atoms with E-state index in [4.69, 9.17) is 0 Å². The van der Waals surface area contributed by atoms with Gasteiger partial charge in [-0.1, -0.05) is 12.1 Å². The van der Waals surface area contributed by atoms with Crippen molar-refractivity contribution in [2.45, 2.75) is 41.6 Å². The summed E-state index contributed by atoms with van der Waals surface area (Å²) in [6, 6.07) is 7.51. The third-order valence-electron chi connectivity index (χ3n) is 3.30. The van der Waals surface area contributed by atoms with Gasteiger partial charge < -0.3 is 5.32 Å². The van der Waals surface area contributed by atoms with Gasteiger partial charge in [-0.2, -0.15) is 0 Å². The van der Waals surface area contributed by atoms with Gasteiger partial charge in [-0.3, -0.25) is 0 Å². The van der Waals surface area contributed by atoms with Gasteiger partial charge in [0.15, 0.2) is 0 Å². The standard InChI is InChI=1S/C13H20N2O2S2/c1-10-9-11(7-8-14-10)15-19(16,17)13-6-4-3-5-12(13)18-2/h3-6,10-11,14-15H,7-9H2,1-2H3. The fourth-order valence-corrected chi connectivity index (χ4v) is 4.80. The van der Waals surface area contributed by atoms with E-state index in [1.165, 1.54) is 11.8 Å². The SMILES string of the molecule is CSc1ccccc1S(=O)(=O)NC1CCNC(C)C1. The number of thioether (sulfide) groups is 1. The predicted octanol–water partition coefficient (Wildman–Crippen LogP) is 1.83. The molecular weight excluding hydrogens is 280 g/mol. The fraction of sp³-hybridized carbons (Fsp3) is 0.538. The molecule has 6 heteroatoms. The highest BCUT2D eigenvalue weighted by molar-refractivity contribution is 7.99. The average molecular weight is 300 g/mol. The van der Waals surface area contributed by atoms with Crippen LogP contribution in [-0.2, 0) is 10.0 Å². The molecule has 4 nitrogen and oxygen atoms in total. The number of benzene rings is 1. The molecule has 1 aliphatic heterocycles. The van der Waals surface area contributed by atoms with Crippen molar-refractivity contribution in [2.24, 2.45) is 0 Å². The zero-order valence-electron chi connectivity index (χ0n) is 11.2. The molecule has 0 saturated carbocycles. The van der Waals surface area contributed by atoms with Crippen LogP contribution in [0.4, 0.5) is 0 Å². The Labute approximate surface area is 119 Å². The van der Waals surface area contributed by atoms with Gasteiger partial charge in [0, 0.05) is 17.0 Å². The zero-order valence-corrected chi connectivity index (χ0v) is 12.9. The summed E-state index contributed by atoms with van der Waals surface area (Å²) in [7, 11) is -3.42. The van der Waals surface area contributed by atoms with Crippen molar-refractivity contribution in [2.75, 3.05) is 12.8 Å². The van der Waals surface area contributed by atoms with Crippen LogP contribution in [0.2, 0.25) is 0 Å².